The molecular weight excluding hydrogens is 604 g/mol. The Morgan fingerprint density at radius 2 is 1.98 bits per heavy atom. The zero-order chi connectivity index (χ0) is 34.9. The van der Waals surface area contributed by atoms with Gasteiger partial charge in [0.2, 0.25) is 0 Å². The number of epoxide rings is 1. The third-order valence-electron chi connectivity index (χ3n) is 10.0. The van der Waals surface area contributed by atoms with Gasteiger partial charge in [-0.15, -0.1) is 0 Å². The first-order chi connectivity index (χ1) is 22.1. The van der Waals surface area contributed by atoms with Crippen LogP contribution >= 0.6 is 0 Å². The van der Waals surface area contributed by atoms with E-state index in [1.165, 1.54) is 0 Å². The monoisotopic (exact) mass is 664 g/mol. The van der Waals surface area contributed by atoms with Crippen LogP contribution in [0.4, 0.5) is 4.79 Å². The minimum Gasteiger partial charge on any atom is -0.457 e. The van der Waals surface area contributed by atoms with E-state index in [-0.39, 0.29) is 36.9 Å². The first kappa shape index (κ1) is 39.2. The second-order valence-corrected chi connectivity index (χ2v) is 14.3. The molecule has 3 rings (SSSR count). The third-order valence-corrected chi connectivity index (χ3v) is 10.0. The summed E-state index contributed by atoms with van der Waals surface area (Å²) in [5, 5.41) is 31.9. The number of methoxy groups -OCH3 is 1. The Balaban J connectivity index is 1.78. The zero-order valence-electron chi connectivity index (χ0n) is 29.8. The molecule has 0 aromatic carbocycles. The minimum absolute atomic E-state index is 0.00280. The Kier molecular flexibility index (Phi) is 14.5. The van der Waals surface area contributed by atoms with Crippen LogP contribution in [0.15, 0.2) is 36.0 Å². The molecule has 0 aliphatic carbocycles. The van der Waals surface area contributed by atoms with Gasteiger partial charge in [-0.05, 0) is 71.7 Å². The number of hydrogen-bond acceptors (Lipinski definition) is 10. The number of esters is 1. The number of aliphatic hydroxyl groups is 3. The predicted molar refractivity (Wildman–Crippen MR) is 180 cm³/mol. The fraction of sp³-hybridized carbons (Fsp3) is 0.778. The molecule has 11 heteroatoms. The average Bonchev–Trinajstić information content (AvgIpc) is 3.81. The first-order valence-corrected chi connectivity index (χ1v) is 17.3. The van der Waals surface area contributed by atoms with Crippen molar-refractivity contribution < 1.29 is 43.9 Å². The van der Waals surface area contributed by atoms with Crippen molar-refractivity contribution in [3.63, 3.8) is 0 Å². The molecule has 0 bridgehead atoms. The van der Waals surface area contributed by atoms with Crippen LogP contribution in [0, 0.1) is 11.8 Å². The van der Waals surface area contributed by atoms with Crippen LogP contribution in [0.2, 0.25) is 0 Å². The van der Waals surface area contributed by atoms with Crippen molar-refractivity contribution in [2.24, 2.45) is 11.8 Å². The van der Waals surface area contributed by atoms with E-state index in [2.05, 4.69) is 4.90 Å². The smallest absolute Gasteiger partial charge is 0.410 e. The van der Waals surface area contributed by atoms with E-state index < -0.39 is 47.7 Å². The van der Waals surface area contributed by atoms with Crippen LogP contribution in [0.1, 0.15) is 80.1 Å². The van der Waals surface area contributed by atoms with Gasteiger partial charge in [-0.1, -0.05) is 45.1 Å². The lowest BCUT2D eigenvalue weighted by Gasteiger charge is -2.36. The van der Waals surface area contributed by atoms with Gasteiger partial charge < -0.3 is 44.1 Å². The number of aliphatic hydroxyl groups excluding tert-OH is 2. The summed E-state index contributed by atoms with van der Waals surface area (Å²) in [5.41, 5.74) is -1.34. The molecule has 3 N–H and O–H groups in total. The summed E-state index contributed by atoms with van der Waals surface area (Å²) >= 11 is 0. The van der Waals surface area contributed by atoms with E-state index >= 15 is 0 Å². The molecule has 10 atom stereocenters. The molecule has 47 heavy (non-hydrogen) atoms. The number of rotatable bonds is 10. The molecule has 0 saturated carbocycles. The van der Waals surface area contributed by atoms with Gasteiger partial charge in [0.15, 0.2) is 6.10 Å². The van der Waals surface area contributed by atoms with E-state index in [1.807, 2.05) is 47.7 Å². The van der Waals surface area contributed by atoms with Crippen molar-refractivity contribution in [3.05, 3.63) is 36.0 Å². The molecule has 10 unspecified atom stereocenters. The highest BCUT2D eigenvalue weighted by Crippen LogP contribution is 2.37. The molecule has 0 aromatic heterocycles. The molecule has 268 valence electrons. The standard InChI is InChI=1S/C36H60N2O9/c1-9-28(40)26(4)33-29(45-33)23-35(5,43)16-10-12-24(2)32-25(3)13-14-30(46-34(42)38-19-11-18-37(7)20-21-38)36(6,44-8)17-15-27(39)22-31(41)47-32/h10,12-14,16,25-30,32-33,39-40,43H,9,11,15,17-23H2,1-8H3. The predicted octanol–water partition coefficient (Wildman–Crippen LogP) is 4.00. The number of allylic oxidation sites excluding steroid dienone is 2. The molecule has 0 radical (unpaired) electrons. The minimum atomic E-state index is -1.14. The van der Waals surface area contributed by atoms with Gasteiger partial charge in [0.05, 0.1) is 36.4 Å². The Morgan fingerprint density at radius 1 is 1.26 bits per heavy atom. The fourth-order valence-electron chi connectivity index (χ4n) is 6.42. The Hall–Kier alpha value is -2.28. The molecule has 11 nitrogen and oxygen atoms in total. The molecule has 1 amide bonds. The van der Waals surface area contributed by atoms with Crippen LogP contribution in [0.3, 0.4) is 0 Å². The zero-order valence-corrected chi connectivity index (χ0v) is 29.8. The lowest BCUT2D eigenvalue weighted by Crippen LogP contribution is -2.47. The number of carbonyl (C=O) groups is 2. The molecule has 2 saturated heterocycles. The fourth-order valence-corrected chi connectivity index (χ4v) is 6.42. The Morgan fingerprint density at radius 3 is 2.66 bits per heavy atom. The van der Waals surface area contributed by atoms with Gasteiger partial charge in [0, 0.05) is 45.0 Å². The van der Waals surface area contributed by atoms with Crippen LogP contribution in [-0.2, 0) is 23.7 Å². The van der Waals surface area contributed by atoms with Gasteiger partial charge in [0.25, 0.3) is 0 Å². The highest BCUT2D eigenvalue weighted by molar-refractivity contribution is 5.70. The summed E-state index contributed by atoms with van der Waals surface area (Å²) in [5.74, 6) is -0.834. The van der Waals surface area contributed by atoms with Gasteiger partial charge in [0.1, 0.15) is 11.7 Å². The summed E-state index contributed by atoms with van der Waals surface area (Å²) < 4.78 is 23.7. The molecule has 3 aliphatic heterocycles. The van der Waals surface area contributed by atoms with E-state index in [9.17, 15) is 24.9 Å². The van der Waals surface area contributed by atoms with Crippen LogP contribution in [-0.4, -0.2) is 125 Å². The van der Waals surface area contributed by atoms with Crippen molar-refractivity contribution in [3.8, 4) is 0 Å². The van der Waals surface area contributed by atoms with Crippen molar-refractivity contribution >= 4 is 12.1 Å². The highest BCUT2D eigenvalue weighted by Gasteiger charge is 2.47. The number of ether oxygens (including phenoxy) is 4. The van der Waals surface area contributed by atoms with E-state index in [4.69, 9.17) is 18.9 Å². The molecular formula is C36H60N2O9. The third kappa shape index (κ3) is 11.7. The number of hydrogen-bond donors (Lipinski definition) is 3. The first-order valence-electron chi connectivity index (χ1n) is 17.3. The van der Waals surface area contributed by atoms with Crippen molar-refractivity contribution in [2.45, 2.75) is 128 Å². The number of carbonyl (C=O) groups excluding carboxylic acids is 2. The average molecular weight is 665 g/mol. The van der Waals surface area contributed by atoms with Gasteiger partial charge >= 0.3 is 12.1 Å². The van der Waals surface area contributed by atoms with Crippen molar-refractivity contribution in [1.29, 1.82) is 0 Å². The summed E-state index contributed by atoms with van der Waals surface area (Å²) in [6.45, 7) is 14.1. The van der Waals surface area contributed by atoms with Crippen molar-refractivity contribution in [1.82, 2.24) is 9.80 Å². The van der Waals surface area contributed by atoms with Crippen LogP contribution in [0.25, 0.3) is 0 Å². The summed E-state index contributed by atoms with van der Waals surface area (Å²) in [6, 6.07) is 0. The van der Waals surface area contributed by atoms with Crippen LogP contribution in [0.5, 0.6) is 0 Å². The lowest BCUT2D eigenvalue weighted by molar-refractivity contribution is -0.151. The maximum atomic E-state index is 13.4. The molecule has 2 fully saturated rings. The maximum Gasteiger partial charge on any atom is 0.410 e. The molecule has 3 aliphatic rings. The molecule has 0 aromatic rings. The quantitative estimate of drug-likeness (QED) is 0.136. The lowest BCUT2D eigenvalue weighted by atomic mass is 9.88. The topological polar surface area (TPSA) is 142 Å². The van der Waals surface area contributed by atoms with E-state index in [1.54, 1.807) is 43.2 Å². The van der Waals surface area contributed by atoms with Crippen molar-refractivity contribution in [2.75, 3.05) is 40.3 Å². The Bertz CT molecular complexity index is 1120. The van der Waals surface area contributed by atoms with E-state index in [0.717, 1.165) is 25.1 Å². The number of likely N-dealkylation sites (N-methyl/N-ethyl adjacent to an activating group) is 1. The second-order valence-electron chi connectivity index (χ2n) is 14.3. The number of amides is 1. The van der Waals surface area contributed by atoms with E-state index in [0.29, 0.717) is 32.4 Å². The normalized spacial score (nSPS) is 34.4. The summed E-state index contributed by atoms with van der Waals surface area (Å²) in [7, 11) is 3.60. The number of nitrogens with zero attached hydrogens (tertiary/aromatic N) is 2. The largest absolute Gasteiger partial charge is 0.457 e. The highest BCUT2D eigenvalue weighted by atomic mass is 16.6. The van der Waals surface area contributed by atoms with Crippen LogP contribution < -0.4 is 0 Å². The number of cyclic esters (lactones) is 1. The second kappa shape index (κ2) is 17.4. The molecule has 3 heterocycles. The Labute approximate surface area is 281 Å². The maximum absolute atomic E-state index is 13.4. The van der Waals surface area contributed by atoms with Gasteiger partial charge in [-0.3, -0.25) is 4.79 Å². The van der Waals surface area contributed by atoms with Gasteiger partial charge in [-0.25, -0.2) is 4.79 Å². The SMILES string of the molecule is CCC(O)C(C)C1OC1CC(C)(O)C=CC=C(C)C1OC(=O)CC(O)CCC(C)(OC)C(OC(=O)N2CCCN(C)CC2)C=CC1C. The molecule has 0 spiro atoms. The van der Waals surface area contributed by atoms with Gasteiger partial charge in [-0.2, -0.15) is 0 Å². The summed E-state index contributed by atoms with van der Waals surface area (Å²) in [6.07, 6.45) is 7.86. The summed E-state index contributed by atoms with van der Waals surface area (Å²) in [4.78, 5) is 30.2.